The number of ether oxygens (including phenoxy) is 1. The topological polar surface area (TPSA) is 87.0 Å². The van der Waals surface area contributed by atoms with Gasteiger partial charge in [-0.1, -0.05) is 54.6 Å². The Morgan fingerprint density at radius 1 is 1.17 bits per heavy atom. The molecular formula is C25H36O5. The Kier molecular flexibility index (Phi) is 10.3. The molecule has 2 unspecified atom stereocenters. The molecule has 5 heteroatoms. The van der Waals surface area contributed by atoms with Gasteiger partial charge in [0.05, 0.1) is 24.4 Å². The molecule has 166 valence electrons. The number of unbranched alkanes of at least 4 members (excludes halogenated alkanes) is 1. The average molecular weight is 417 g/mol. The van der Waals surface area contributed by atoms with Gasteiger partial charge in [-0.15, -0.1) is 0 Å². The molecule has 1 aromatic carbocycles. The Balaban J connectivity index is 1.80. The number of rotatable bonds is 11. The molecular weight excluding hydrogens is 380 g/mol. The molecule has 0 aromatic heterocycles. The maximum atomic E-state index is 11.5. The lowest BCUT2D eigenvalue weighted by Crippen LogP contribution is -2.20. The van der Waals surface area contributed by atoms with Gasteiger partial charge in [0.25, 0.3) is 0 Å². The van der Waals surface area contributed by atoms with E-state index in [1.54, 1.807) is 6.08 Å². The van der Waals surface area contributed by atoms with E-state index in [2.05, 4.69) is 0 Å². The lowest BCUT2D eigenvalue weighted by atomic mass is 9.89. The van der Waals surface area contributed by atoms with Crippen molar-refractivity contribution in [1.29, 1.82) is 0 Å². The molecule has 0 spiro atoms. The lowest BCUT2D eigenvalue weighted by Gasteiger charge is -2.19. The highest BCUT2D eigenvalue weighted by atomic mass is 16.5. The van der Waals surface area contributed by atoms with Gasteiger partial charge in [-0.2, -0.15) is 0 Å². The van der Waals surface area contributed by atoms with Crippen molar-refractivity contribution in [3.8, 4) is 0 Å². The number of hydrogen-bond donors (Lipinski definition) is 3. The van der Waals surface area contributed by atoms with Gasteiger partial charge >= 0.3 is 5.97 Å². The monoisotopic (exact) mass is 416 g/mol. The molecule has 3 N–H and O–H groups in total. The van der Waals surface area contributed by atoms with E-state index < -0.39 is 18.3 Å². The minimum atomic E-state index is -0.626. The normalized spacial score (nSPS) is 25.4. The van der Waals surface area contributed by atoms with Crippen molar-refractivity contribution in [3.63, 3.8) is 0 Å². The summed E-state index contributed by atoms with van der Waals surface area (Å²) in [5.41, 5.74) is 1.05. The van der Waals surface area contributed by atoms with Crippen LogP contribution in [-0.2, 0) is 16.0 Å². The first kappa shape index (κ1) is 24.3. The third kappa shape index (κ3) is 8.42. The zero-order valence-electron chi connectivity index (χ0n) is 18.1. The zero-order chi connectivity index (χ0) is 21.9. The van der Waals surface area contributed by atoms with Crippen LogP contribution in [0.4, 0.5) is 0 Å². The van der Waals surface area contributed by atoms with E-state index in [1.807, 2.05) is 62.4 Å². The van der Waals surface area contributed by atoms with Crippen molar-refractivity contribution >= 4 is 5.97 Å². The predicted octanol–water partition coefficient (Wildman–Crippen LogP) is 3.57. The van der Waals surface area contributed by atoms with Gasteiger partial charge in [-0.3, -0.25) is 4.79 Å². The number of hydrogen-bond acceptors (Lipinski definition) is 5. The summed E-state index contributed by atoms with van der Waals surface area (Å²) in [6.07, 6.45) is 9.17. The van der Waals surface area contributed by atoms with Crippen LogP contribution in [0.2, 0.25) is 0 Å². The summed E-state index contributed by atoms with van der Waals surface area (Å²) in [7, 11) is 0. The van der Waals surface area contributed by atoms with Crippen LogP contribution in [0.5, 0.6) is 0 Å². The molecule has 0 saturated heterocycles. The summed E-state index contributed by atoms with van der Waals surface area (Å²) < 4.78 is 5.11. The molecule has 5 nitrogen and oxygen atoms in total. The van der Waals surface area contributed by atoms with Crippen molar-refractivity contribution in [2.24, 2.45) is 11.8 Å². The summed E-state index contributed by atoms with van der Waals surface area (Å²) in [5.74, 6) is -0.439. The minimum Gasteiger partial charge on any atom is -0.463 e. The van der Waals surface area contributed by atoms with Gasteiger partial charge < -0.3 is 20.1 Å². The van der Waals surface area contributed by atoms with Crippen LogP contribution < -0.4 is 0 Å². The van der Waals surface area contributed by atoms with E-state index in [-0.39, 0.29) is 23.9 Å². The van der Waals surface area contributed by atoms with Crippen molar-refractivity contribution in [1.82, 2.24) is 0 Å². The van der Waals surface area contributed by atoms with Crippen LogP contribution in [-0.4, -0.2) is 45.7 Å². The van der Waals surface area contributed by atoms with Gasteiger partial charge in [-0.25, -0.2) is 0 Å². The van der Waals surface area contributed by atoms with Crippen LogP contribution in [0.25, 0.3) is 0 Å². The van der Waals surface area contributed by atoms with E-state index in [9.17, 15) is 20.1 Å². The highest BCUT2D eigenvalue weighted by Crippen LogP contribution is 2.36. The maximum Gasteiger partial charge on any atom is 0.306 e. The second-order valence-corrected chi connectivity index (χ2v) is 8.39. The van der Waals surface area contributed by atoms with Crippen LogP contribution in [0.15, 0.2) is 54.6 Å². The van der Waals surface area contributed by atoms with Crippen molar-refractivity contribution in [2.45, 2.75) is 76.8 Å². The Bertz CT molecular complexity index is 682. The van der Waals surface area contributed by atoms with Gasteiger partial charge in [0.2, 0.25) is 0 Å². The average Bonchev–Trinajstić information content (AvgIpc) is 2.95. The van der Waals surface area contributed by atoms with Crippen LogP contribution in [0.3, 0.4) is 0 Å². The van der Waals surface area contributed by atoms with E-state index in [0.717, 1.165) is 18.4 Å². The number of aliphatic hydroxyl groups excluding tert-OH is 3. The minimum absolute atomic E-state index is 0.0812. The number of carbonyl (C=O) groups excluding carboxylic acids is 1. The van der Waals surface area contributed by atoms with Crippen molar-refractivity contribution in [3.05, 3.63) is 60.2 Å². The highest BCUT2D eigenvalue weighted by Gasteiger charge is 2.39. The Morgan fingerprint density at radius 3 is 2.60 bits per heavy atom. The first-order valence-electron chi connectivity index (χ1n) is 11.0. The second kappa shape index (κ2) is 12.7. The molecule has 0 amide bonds. The molecule has 0 aliphatic heterocycles. The number of carbonyl (C=O) groups is 1. The van der Waals surface area contributed by atoms with Gasteiger partial charge in [0, 0.05) is 25.2 Å². The van der Waals surface area contributed by atoms with E-state index in [0.29, 0.717) is 25.7 Å². The first-order chi connectivity index (χ1) is 14.4. The zero-order valence-corrected chi connectivity index (χ0v) is 18.1. The Hall–Kier alpha value is -1.95. The molecule has 1 aromatic rings. The van der Waals surface area contributed by atoms with Crippen LogP contribution in [0.1, 0.15) is 51.5 Å². The third-order valence-electron chi connectivity index (χ3n) is 5.45. The lowest BCUT2D eigenvalue weighted by molar-refractivity contribution is -0.147. The fourth-order valence-electron chi connectivity index (χ4n) is 3.94. The first-order valence-corrected chi connectivity index (χ1v) is 11.0. The summed E-state index contributed by atoms with van der Waals surface area (Å²) >= 11 is 0. The highest BCUT2D eigenvalue weighted by molar-refractivity contribution is 5.69. The number of esters is 1. The van der Waals surface area contributed by atoms with Gasteiger partial charge in [-0.05, 0) is 44.6 Å². The van der Waals surface area contributed by atoms with E-state index in [1.165, 1.54) is 0 Å². The predicted molar refractivity (Wildman–Crippen MR) is 118 cm³/mol. The van der Waals surface area contributed by atoms with Crippen molar-refractivity contribution in [2.75, 3.05) is 0 Å². The second-order valence-electron chi connectivity index (χ2n) is 8.39. The molecule has 1 fully saturated rings. The quantitative estimate of drug-likeness (QED) is 0.292. The Morgan fingerprint density at radius 2 is 1.90 bits per heavy atom. The third-order valence-corrected chi connectivity index (χ3v) is 5.45. The fourth-order valence-corrected chi connectivity index (χ4v) is 3.94. The molecule has 0 heterocycles. The summed E-state index contributed by atoms with van der Waals surface area (Å²) in [5, 5.41) is 31.0. The van der Waals surface area contributed by atoms with E-state index in [4.69, 9.17) is 4.74 Å². The summed E-state index contributed by atoms with van der Waals surface area (Å²) in [6, 6.07) is 9.77. The number of benzene rings is 1. The molecule has 1 saturated carbocycles. The Labute approximate surface area is 180 Å². The van der Waals surface area contributed by atoms with E-state index >= 15 is 0 Å². The fraction of sp³-hybridized carbons (Fsp3) is 0.560. The molecule has 1 aliphatic rings. The standard InChI is InChI=1S/C25H36O5/c1-18(2)30-25(29)13-9-4-3-8-12-21-22(24(28)17-23(21)27)15-14-20(26)16-19-10-6-5-7-11-19/h3,5-8,10-11,14-15,18,20-24,26-28H,4,9,12-13,16-17H2,1-2H3/b8-3-,15-14+/t20-,21?,22?,23+,24-/m1/s1. The summed E-state index contributed by atoms with van der Waals surface area (Å²) in [6.45, 7) is 3.68. The molecule has 1 aliphatic carbocycles. The van der Waals surface area contributed by atoms with Crippen LogP contribution in [0, 0.1) is 11.8 Å². The van der Waals surface area contributed by atoms with Gasteiger partial charge in [0.1, 0.15) is 0 Å². The molecule has 0 radical (unpaired) electrons. The van der Waals surface area contributed by atoms with Gasteiger partial charge in [0.15, 0.2) is 0 Å². The molecule has 5 atom stereocenters. The van der Waals surface area contributed by atoms with Crippen LogP contribution >= 0.6 is 0 Å². The summed E-state index contributed by atoms with van der Waals surface area (Å²) in [4.78, 5) is 11.5. The maximum absolute atomic E-state index is 11.5. The largest absolute Gasteiger partial charge is 0.463 e. The molecule has 0 bridgehead atoms. The molecule has 2 rings (SSSR count). The van der Waals surface area contributed by atoms with Crippen molar-refractivity contribution < 1.29 is 24.9 Å². The SMILES string of the molecule is CC(C)OC(=O)CCC/C=C\CC1C(/C=C/[C@@H](O)Cc2ccccc2)[C@H](O)C[C@@H]1O. The number of allylic oxidation sites excluding steroid dienone is 2. The number of aliphatic hydroxyl groups is 3. The molecule has 30 heavy (non-hydrogen) atoms. The smallest absolute Gasteiger partial charge is 0.306 e.